The number of thiophene rings is 1. The zero-order valence-corrected chi connectivity index (χ0v) is 30.3. The van der Waals surface area contributed by atoms with Crippen LogP contribution in [-0.4, -0.2) is 76.8 Å². The van der Waals surface area contributed by atoms with E-state index in [1.54, 1.807) is 31.2 Å². The number of allylic oxidation sites excluding steroid dienone is 2. The number of carbonyl (C=O) groups is 2. The Labute approximate surface area is 294 Å². The molecular weight excluding hydrogens is 644 g/mol. The van der Waals surface area contributed by atoms with Gasteiger partial charge in [0.2, 0.25) is 0 Å². The molecule has 0 aromatic carbocycles. The van der Waals surface area contributed by atoms with Crippen LogP contribution in [-0.2, 0) is 28.5 Å². The van der Waals surface area contributed by atoms with Crippen LogP contribution in [0.25, 0.3) is 0 Å². The van der Waals surface area contributed by atoms with Gasteiger partial charge in [-0.15, -0.1) is 11.3 Å². The maximum atomic E-state index is 14.2. The van der Waals surface area contributed by atoms with Crippen LogP contribution in [0.5, 0.6) is 0 Å². The number of fused-ring (bicyclic) bond motifs is 2. The molecule has 5 heterocycles. The first-order valence-electron chi connectivity index (χ1n) is 17.9. The van der Waals surface area contributed by atoms with Crippen LogP contribution in [0.2, 0.25) is 0 Å². The van der Waals surface area contributed by atoms with Crippen molar-refractivity contribution in [2.45, 2.75) is 128 Å². The molecule has 1 aromatic heterocycles. The molecule has 4 aliphatic heterocycles. The number of esters is 2. The van der Waals surface area contributed by atoms with E-state index in [4.69, 9.17) is 23.7 Å². The molecule has 1 aliphatic carbocycles. The monoisotopic (exact) mass is 696 g/mol. The van der Waals surface area contributed by atoms with Gasteiger partial charge in [0.25, 0.3) is 0 Å². The van der Waals surface area contributed by atoms with Gasteiger partial charge < -0.3 is 33.9 Å². The Morgan fingerprint density at radius 1 is 1.18 bits per heavy atom. The van der Waals surface area contributed by atoms with Crippen molar-refractivity contribution in [3.8, 4) is 0 Å². The zero-order chi connectivity index (χ0) is 35.1. The predicted octanol–water partition coefficient (Wildman–Crippen LogP) is 6.46. The molecule has 12 atom stereocenters. The Balaban J connectivity index is 1.39. The Kier molecular flexibility index (Phi) is 10.8. The molecule has 2 N–H and O–H groups in total. The highest BCUT2D eigenvalue weighted by Crippen LogP contribution is 2.48. The number of carbonyl (C=O) groups excluding carboxylic acids is 2. The van der Waals surface area contributed by atoms with Crippen LogP contribution in [0.4, 0.5) is 0 Å². The van der Waals surface area contributed by atoms with Crippen molar-refractivity contribution in [3.05, 3.63) is 69.5 Å². The first-order valence-corrected chi connectivity index (χ1v) is 18.8. The highest BCUT2D eigenvalue weighted by Gasteiger charge is 2.60. The molecule has 6 rings (SSSR count). The summed E-state index contributed by atoms with van der Waals surface area (Å²) in [7, 11) is 0. The third-order valence-electron chi connectivity index (χ3n) is 11.4. The molecular formula is C39H52O9S. The Bertz CT molecular complexity index is 1490. The molecule has 3 saturated heterocycles. The van der Waals surface area contributed by atoms with Gasteiger partial charge in [0.1, 0.15) is 40.8 Å². The van der Waals surface area contributed by atoms with E-state index in [9.17, 15) is 19.8 Å². The van der Waals surface area contributed by atoms with Crippen LogP contribution < -0.4 is 0 Å². The summed E-state index contributed by atoms with van der Waals surface area (Å²) in [4.78, 5) is 27.9. The van der Waals surface area contributed by atoms with Crippen LogP contribution in [0.15, 0.2) is 64.6 Å². The van der Waals surface area contributed by atoms with Crippen molar-refractivity contribution < 1.29 is 43.5 Å². The minimum absolute atomic E-state index is 0.00730. The Morgan fingerprint density at radius 3 is 2.71 bits per heavy atom. The maximum Gasteiger partial charge on any atom is 0.348 e. The smallest absolute Gasteiger partial charge is 0.348 e. The lowest BCUT2D eigenvalue weighted by atomic mass is 9.71. The standard InChI is InChI=1S/C39H52O9S/c1-7-22(2)34-25(5)15-16-38(48-34)20-29-19-28(47-38)14-13-24(4)33(46-37(42)31-12-9-17-49-31)23(3)10-8-11-27-21-44-35-32(40)26(6)18-30(36(41)45-29)39(27,35)43/h8-13,17-18,22-23,25,28-30,32-35,40,43H,7,14-16,19-21H2,1-6H3/b10-8+,24-13+,27-11+/t22-,23-,25-,28+,29-,30-,32+,33-,34+,35+,38+,39+/m0/s1. The fourth-order valence-electron chi connectivity index (χ4n) is 8.31. The summed E-state index contributed by atoms with van der Waals surface area (Å²) in [5.74, 6) is -2.47. The summed E-state index contributed by atoms with van der Waals surface area (Å²) in [5.41, 5.74) is 0.102. The third-order valence-corrected chi connectivity index (χ3v) is 12.3. The van der Waals surface area contributed by atoms with Gasteiger partial charge in [-0.25, -0.2) is 4.79 Å². The van der Waals surface area contributed by atoms with E-state index in [1.807, 2.05) is 31.4 Å². The number of hydrogen-bond acceptors (Lipinski definition) is 10. The Morgan fingerprint density at radius 2 is 1.98 bits per heavy atom. The summed E-state index contributed by atoms with van der Waals surface area (Å²) in [6.45, 7) is 12.3. The van der Waals surface area contributed by atoms with E-state index in [2.05, 4.69) is 26.8 Å². The second-order valence-corrected chi connectivity index (χ2v) is 15.9. The van der Waals surface area contributed by atoms with Gasteiger partial charge in [-0.1, -0.05) is 70.6 Å². The van der Waals surface area contributed by atoms with Crippen molar-refractivity contribution in [2.75, 3.05) is 6.61 Å². The van der Waals surface area contributed by atoms with Crippen LogP contribution in [0.3, 0.4) is 0 Å². The van der Waals surface area contributed by atoms with E-state index in [1.165, 1.54) is 11.3 Å². The van der Waals surface area contributed by atoms with E-state index in [0.717, 1.165) is 18.4 Å². The van der Waals surface area contributed by atoms with E-state index in [-0.39, 0.29) is 30.7 Å². The molecule has 3 fully saturated rings. The molecule has 0 radical (unpaired) electrons. The van der Waals surface area contributed by atoms with Gasteiger partial charge in [0.15, 0.2) is 5.79 Å². The van der Waals surface area contributed by atoms with Gasteiger partial charge in [-0.2, -0.15) is 0 Å². The number of aliphatic hydroxyl groups excluding tert-OH is 1. The fraction of sp³-hybridized carbons (Fsp3) is 0.641. The molecule has 0 unspecified atom stereocenters. The lowest BCUT2D eigenvalue weighted by Gasteiger charge is -2.51. The molecule has 1 aromatic rings. The number of ether oxygens (including phenoxy) is 5. The molecule has 9 nitrogen and oxygen atoms in total. The normalized spacial score (nSPS) is 43.2. The summed E-state index contributed by atoms with van der Waals surface area (Å²) < 4.78 is 32.2. The van der Waals surface area contributed by atoms with Gasteiger partial charge in [-0.05, 0) is 66.7 Å². The zero-order valence-electron chi connectivity index (χ0n) is 29.5. The topological polar surface area (TPSA) is 121 Å². The molecule has 2 bridgehead atoms. The Hall–Kier alpha value is -2.60. The second kappa shape index (κ2) is 14.6. The van der Waals surface area contributed by atoms with Gasteiger partial charge in [-0.3, -0.25) is 4.79 Å². The molecule has 1 spiro atoms. The molecule has 49 heavy (non-hydrogen) atoms. The van der Waals surface area contributed by atoms with Gasteiger partial charge in [0.05, 0.1) is 18.8 Å². The average Bonchev–Trinajstić information content (AvgIpc) is 3.73. The van der Waals surface area contributed by atoms with Crippen molar-refractivity contribution in [1.82, 2.24) is 0 Å². The number of aliphatic hydroxyl groups is 2. The SMILES string of the molecule is CC[C@H](C)[C@H]1O[C@]2(CC[C@@H]1C)C[C@@H]1C[C@@H](C/C=C(\C)[C@@H](OC(=O)c3cccs3)[C@@H](C)/C=C/C=C3\CO[C@@H]4[C@H](O)C(C)=C[C@@H](C(=O)O1)[C@]34O)O2. The fourth-order valence-corrected chi connectivity index (χ4v) is 8.92. The first-order chi connectivity index (χ1) is 23.3. The minimum atomic E-state index is -1.80. The highest BCUT2D eigenvalue weighted by atomic mass is 32.1. The molecule has 268 valence electrons. The van der Waals surface area contributed by atoms with E-state index < -0.39 is 47.7 Å². The number of hydrogen-bond donors (Lipinski definition) is 2. The van der Waals surface area contributed by atoms with Crippen molar-refractivity contribution in [3.63, 3.8) is 0 Å². The summed E-state index contributed by atoms with van der Waals surface area (Å²) in [5, 5.41) is 25.2. The van der Waals surface area contributed by atoms with Crippen LogP contribution in [0, 0.1) is 23.7 Å². The van der Waals surface area contributed by atoms with Gasteiger partial charge >= 0.3 is 11.9 Å². The first kappa shape index (κ1) is 36.2. The molecule has 10 heteroatoms. The summed E-state index contributed by atoms with van der Waals surface area (Å²) in [6, 6.07) is 3.58. The van der Waals surface area contributed by atoms with Crippen molar-refractivity contribution >= 4 is 23.3 Å². The van der Waals surface area contributed by atoms with E-state index in [0.29, 0.717) is 53.5 Å². The van der Waals surface area contributed by atoms with Crippen LogP contribution in [0.1, 0.15) is 89.7 Å². The second-order valence-electron chi connectivity index (χ2n) is 14.9. The molecule has 0 saturated carbocycles. The highest BCUT2D eigenvalue weighted by molar-refractivity contribution is 7.11. The van der Waals surface area contributed by atoms with Crippen molar-refractivity contribution in [2.24, 2.45) is 23.7 Å². The maximum absolute atomic E-state index is 14.2. The summed E-state index contributed by atoms with van der Waals surface area (Å²) >= 11 is 1.34. The van der Waals surface area contributed by atoms with Crippen LogP contribution >= 0.6 is 11.3 Å². The minimum Gasteiger partial charge on any atom is -0.462 e. The third kappa shape index (κ3) is 7.14. The largest absolute Gasteiger partial charge is 0.462 e. The molecule has 5 aliphatic rings. The van der Waals surface area contributed by atoms with Gasteiger partial charge in [0, 0.05) is 25.2 Å². The molecule has 0 amide bonds. The predicted molar refractivity (Wildman–Crippen MR) is 186 cm³/mol. The van der Waals surface area contributed by atoms with Crippen molar-refractivity contribution in [1.29, 1.82) is 0 Å². The summed E-state index contributed by atoms with van der Waals surface area (Å²) in [6.07, 6.45) is 9.57. The number of rotatable bonds is 4. The lowest BCUT2D eigenvalue weighted by Crippen LogP contribution is -2.58. The lowest BCUT2D eigenvalue weighted by molar-refractivity contribution is -0.340. The van der Waals surface area contributed by atoms with E-state index >= 15 is 0 Å². The quantitative estimate of drug-likeness (QED) is 0.270. The average molecular weight is 697 g/mol.